The first-order chi connectivity index (χ1) is 8.19. The fourth-order valence-electron chi connectivity index (χ4n) is 4.62. The van der Waals surface area contributed by atoms with E-state index in [1.807, 2.05) is 6.92 Å². The van der Waals surface area contributed by atoms with Gasteiger partial charge in [0.15, 0.2) is 0 Å². The molecule has 1 N–H and O–H groups in total. The number of nitrogens with one attached hydrogen (secondary N) is 1. The second kappa shape index (κ2) is 4.01. The third kappa shape index (κ3) is 2.06. The fourth-order valence-corrected chi connectivity index (χ4v) is 4.62. The Hall–Kier alpha value is -1.04. The Kier molecular flexibility index (Phi) is 2.61. The van der Waals surface area contributed by atoms with Crippen molar-refractivity contribution in [3.63, 3.8) is 0 Å². The maximum absolute atomic E-state index is 8.64. The van der Waals surface area contributed by atoms with E-state index in [0.717, 1.165) is 23.5 Å². The molecule has 4 aliphatic rings. The number of nitriles is 1. The third-order valence-electron chi connectivity index (χ3n) is 4.86. The van der Waals surface area contributed by atoms with Crippen molar-refractivity contribution in [3.05, 3.63) is 0 Å². The van der Waals surface area contributed by atoms with E-state index in [-0.39, 0.29) is 5.54 Å². The number of hydrazone groups is 1. The standard InChI is InChI=1S/C14H21N3/c1-10(2-3-15)16-17-14-7-11-4-12(8-14)6-13(5-11)9-14/h11-13,17H,2,4-9H2,1H3/b16-10+. The van der Waals surface area contributed by atoms with Crippen LogP contribution in [0.25, 0.3) is 0 Å². The van der Waals surface area contributed by atoms with Gasteiger partial charge in [0.2, 0.25) is 0 Å². The van der Waals surface area contributed by atoms with Crippen molar-refractivity contribution < 1.29 is 0 Å². The Bertz CT molecular complexity index is 342. The normalized spacial score (nSPS) is 43.5. The summed E-state index contributed by atoms with van der Waals surface area (Å²) in [5, 5.41) is 13.1. The molecular formula is C14H21N3. The molecular weight excluding hydrogens is 210 g/mol. The van der Waals surface area contributed by atoms with E-state index in [2.05, 4.69) is 16.6 Å². The molecule has 0 unspecified atom stereocenters. The highest BCUT2D eigenvalue weighted by Gasteiger charge is 2.51. The van der Waals surface area contributed by atoms with Gasteiger partial charge >= 0.3 is 0 Å². The number of hydrogen-bond acceptors (Lipinski definition) is 3. The van der Waals surface area contributed by atoms with Crippen LogP contribution in [-0.2, 0) is 0 Å². The van der Waals surface area contributed by atoms with Crippen LogP contribution in [0.1, 0.15) is 51.9 Å². The molecule has 0 spiro atoms. The summed E-state index contributed by atoms with van der Waals surface area (Å²) in [6.07, 6.45) is 8.75. The summed E-state index contributed by atoms with van der Waals surface area (Å²) >= 11 is 0. The zero-order valence-corrected chi connectivity index (χ0v) is 10.6. The van der Waals surface area contributed by atoms with Crippen molar-refractivity contribution >= 4 is 5.71 Å². The van der Waals surface area contributed by atoms with Crippen LogP contribution in [0, 0.1) is 29.1 Å². The van der Waals surface area contributed by atoms with E-state index >= 15 is 0 Å². The molecule has 0 radical (unpaired) electrons. The molecule has 92 valence electrons. The molecule has 4 fully saturated rings. The Labute approximate surface area is 103 Å². The summed E-state index contributed by atoms with van der Waals surface area (Å²) < 4.78 is 0. The lowest BCUT2D eigenvalue weighted by molar-refractivity contribution is -0.0191. The molecule has 0 saturated heterocycles. The molecule has 4 rings (SSSR count). The predicted molar refractivity (Wildman–Crippen MR) is 67.4 cm³/mol. The Morgan fingerprint density at radius 1 is 1.24 bits per heavy atom. The van der Waals surface area contributed by atoms with Gasteiger partial charge in [-0.05, 0) is 63.2 Å². The van der Waals surface area contributed by atoms with E-state index in [0.29, 0.717) is 6.42 Å². The number of hydrogen-bond donors (Lipinski definition) is 1. The maximum atomic E-state index is 8.64. The highest BCUT2D eigenvalue weighted by molar-refractivity contribution is 5.83. The average molecular weight is 231 g/mol. The van der Waals surface area contributed by atoms with Gasteiger partial charge in [-0.15, -0.1) is 0 Å². The van der Waals surface area contributed by atoms with E-state index in [4.69, 9.17) is 5.26 Å². The molecule has 0 atom stereocenters. The van der Waals surface area contributed by atoms with Crippen LogP contribution >= 0.6 is 0 Å². The molecule has 4 saturated carbocycles. The van der Waals surface area contributed by atoms with Crippen molar-refractivity contribution in [1.29, 1.82) is 5.26 Å². The van der Waals surface area contributed by atoms with Crippen molar-refractivity contribution in [3.8, 4) is 6.07 Å². The smallest absolute Gasteiger partial charge is 0.0750 e. The van der Waals surface area contributed by atoms with Gasteiger partial charge < -0.3 is 5.43 Å². The summed E-state index contributed by atoms with van der Waals surface area (Å²) in [6.45, 7) is 1.94. The Morgan fingerprint density at radius 2 is 1.76 bits per heavy atom. The minimum Gasteiger partial charge on any atom is -0.304 e. The SMILES string of the molecule is C/C(CC#N)=N\NC12CC3CC(CC(C3)C1)C2. The molecule has 4 aliphatic carbocycles. The van der Waals surface area contributed by atoms with Crippen LogP contribution in [0.15, 0.2) is 5.10 Å². The second-order valence-electron chi connectivity index (χ2n) is 6.49. The first-order valence-corrected chi connectivity index (χ1v) is 6.86. The Balaban J connectivity index is 1.70. The average Bonchev–Trinajstić information content (AvgIpc) is 2.25. The lowest BCUT2D eigenvalue weighted by atomic mass is 9.53. The molecule has 3 nitrogen and oxygen atoms in total. The van der Waals surface area contributed by atoms with Crippen LogP contribution in [0.5, 0.6) is 0 Å². The molecule has 0 aromatic heterocycles. The number of rotatable bonds is 3. The maximum Gasteiger partial charge on any atom is 0.0750 e. The molecule has 0 aliphatic heterocycles. The Morgan fingerprint density at radius 3 is 2.24 bits per heavy atom. The van der Waals surface area contributed by atoms with Gasteiger partial charge in [0.05, 0.1) is 18.0 Å². The molecule has 4 bridgehead atoms. The molecule has 3 heteroatoms. The second-order valence-corrected chi connectivity index (χ2v) is 6.49. The lowest BCUT2D eigenvalue weighted by Gasteiger charge is -2.56. The topological polar surface area (TPSA) is 48.2 Å². The first-order valence-electron chi connectivity index (χ1n) is 6.86. The van der Waals surface area contributed by atoms with E-state index in [1.54, 1.807) is 0 Å². The summed E-state index contributed by atoms with van der Waals surface area (Å²) in [5.74, 6) is 2.83. The van der Waals surface area contributed by atoms with Gasteiger partial charge in [-0.2, -0.15) is 10.4 Å². The zero-order chi connectivity index (χ0) is 11.9. The van der Waals surface area contributed by atoms with Gasteiger partial charge in [0.25, 0.3) is 0 Å². The summed E-state index contributed by atoms with van der Waals surface area (Å²) in [4.78, 5) is 0. The van der Waals surface area contributed by atoms with Crippen molar-refractivity contribution in [2.75, 3.05) is 0 Å². The summed E-state index contributed by atoms with van der Waals surface area (Å²) in [7, 11) is 0. The van der Waals surface area contributed by atoms with E-state index < -0.39 is 0 Å². The van der Waals surface area contributed by atoms with Crippen LogP contribution in [-0.4, -0.2) is 11.3 Å². The van der Waals surface area contributed by atoms with Crippen LogP contribution in [0.3, 0.4) is 0 Å². The van der Waals surface area contributed by atoms with Crippen LogP contribution < -0.4 is 5.43 Å². The molecule has 0 amide bonds. The molecule has 0 aromatic carbocycles. The molecule has 0 heterocycles. The highest BCUT2D eigenvalue weighted by Crippen LogP contribution is 2.55. The van der Waals surface area contributed by atoms with E-state index in [9.17, 15) is 0 Å². The van der Waals surface area contributed by atoms with Gasteiger partial charge in [-0.1, -0.05) is 0 Å². The van der Waals surface area contributed by atoms with Gasteiger partial charge in [0, 0.05) is 5.71 Å². The van der Waals surface area contributed by atoms with Crippen molar-refractivity contribution in [1.82, 2.24) is 5.43 Å². The summed E-state index contributed by atoms with van der Waals surface area (Å²) in [5.41, 5.74) is 4.65. The fraction of sp³-hybridized carbons (Fsp3) is 0.857. The van der Waals surface area contributed by atoms with Gasteiger partial charge in [-0.3, -0.25) is 0 Å². The first kappa shape index (κ1) is 11.1. The van der Waals surface area contributed by atoms with Crippen molar-refractivity contribution in [2.24, 2.45) is 22.9 Å². The minimum absolute atomic E-state index is 0.283. The largest absolute Gasteiger partial charge is 0.304 e. The summed E-state index contributed by atoms with van der Waals surface area (Å²) in [6, 6.07) is 2.16. The minimum atomic E-state index is 0.283. The molecule has 17 heavy (non-hydrogen) atoms. The molecule has 0 aromatic rings. The quantitative estimate of drug-likeness (QED) is 0.599. The van der Waals surface area contributed by atoms with Gasteiger partial charge in [-0.25, -0.2) is 0 Å². The van der Waals surface area contributed by atoms with Crippen molar-refractivity contribution in [2.45, 2.75) is 57.4 Å². The van der Waals surface area contributed by atoms with Crippen LogP contribution in [0.2, 0.25) is 0 Å². The third-order valence-corrected chi connectivity index (χ3v) is 4.86. The predicted octanol–water partition coefficient (Wildman–Crippen LogP) is 2.83. The van der Waals surface area contributed by atoms with Crippen LogP contribution in [0.4, 0.5) is 0 Å². The number of nitrogens with zero attached hydrogens (tertiary/aromatic N) is 2. The lowest BCUT2D eigenvalue weighted by Crippen LogP contribution is -2.57. The monoisotopic (exact) mass is 231 g/mol. The zero-order valence-electron chi connectivity index (χ0n) is 10.6. The highest BCUT2D eigenvalue weighted by atomic mass is 15.3. The van der Waals surface area contributed by atoms with E-state index in [1.165, 1.54) is 38.5 Å². The van der Waals surface area contributed by atoms with Gasteiger partial charge in [0.1, 0.15) is 0 Å².